The highest BCUT2D eigenvalue weighted by atomic mass is 19.4. The first-order valence-corrected chi connectivity index (χ1v) is 5.41. The zero-order chi connectivity index (χ0) is 14.2. The average molecular weight is 281 g/mol. The first-order valence-electron chi connectivity index (χ1n) is 5.41. The molecule has 3 aromatic rings. The van der Waals surface area contributed by atoms with Gasteiger partial charge in [0.25, 0.3) is 5.89 Å². The predicted molar refractivity (Wildman–Crippen MR) is 59.7 cm³/mol. The van der Waals surface area contributed by atoms with Gasteiger partial charge in [0.15, 0.2) is 17.8 Å². The van der Waals surface area contributed by atoms with Gasteiger partial charge in [-0.25, -0.2) is 9.67 Å². The Morgan fingerprint density at radius 2 is 2.00 bits per heavy atom. The Balaban J connectivity index is 2.23. The average Bonchev–Trinajstić information content (AvgIpc) is 3.08. The molecule has 0 aliphatic rings. The van der Waals surface area contributed by atoms with Crippen molar-refractivity contribution in [3.05, 3.63) is 42.6 Å². The van der Waals surface area contributed by atoms with Crippen LogP contribution in [0.1, 0.15) is 5.69 Å². The van der Waals surface area contributed by atoms with E-state index < -0.39 is 11.9 Å². The highest BCUT2D eigenvalue weighted by Gasteiger charge is 2.40. The van der Waals surface area contributed by atoms with Crippen molar-refractivity contribution in [3.63, 3.8) is 0 Å². The summed E-state index contributed by atoms with van der Waals surface area (Å²) in [6.45, 7) is 0. The molecule has 0 radical (unpaired) electrons. The highest BCUT2D eigenvalue weighted by Crippen LogP contribution is 2.37. The summed E-state index contributed by atoms with van der Waals surface area (Å²) in [6.07, 6.45) is -1.22. The summed E-state index contributed by atoms with van der Waals surface area (Å²) in [5.74, 6) is -0.204. The zero-order valence-corrected chi connectivity index (χ0v) is 9.74. The van der Waals surface area contributed by atoms with Crippen molar-refractivity contribution in [3.8, 4) is 17.3 Å². The molecule has 6 nitrogen and oxygen atoms in total. The van der Waals surface area contributed by atoms with E-state index in [-0.39, 0.29) is 17.3 Å². The third-order valence-corrected chi connectivity index (χ3v) is 2.50. The van der Waals surface area contributed by atoms with Gasteiger partial charge in [-0.3, -0.25) is 0 Å². The fourth-order valence-electron chi connectivity index (χ4n) is 1.72. The second kappa shape index (κ2) is 4.44. The first kappa shape index (κ1) is 12.3. The molecular weight excluding hydrogens is 275 g/mol. The molecule has 3 heterocycles. The van der Waals surface area contributed by atoms with Crippen LogP contribution in [0.15, 0.2) is 41.4 Å². The maximum Gasteiger partial charge on any atom is 0.434 e. The second-order valence-corrected chi connectivity index (χ2v) is 3.75. The van der Waals surface area contributed by atoms with Gasteiger partial charge in [0.05, 0.1) is 11.8 Å². The molecule has 0 fully saturated rings. The van der Waals surface area contributed by atoms with E-state index >= 15 is 0 Å². The number of pyridine rings is 1. The van der Waals surface area contributed by atoms with Crippen molar-refractivity contribution in [2.45, 2.75) is 6.18 Å². The third kappa shape index (κ3) is 2.02. The van der Waals surface area contributed by atoms with Crippen LogP contribution in [0.5, 0.6) is 0 Å². The monoisotopic (exact) mass is 281 g/mol. The standard InChI is InChI=1S/C11H6F3N5O/c12-11(13,14)9-7(10-16-6-18-20-10)5-17-19(9)8-3-1-2-4-15-8/h1-6H. The molecule has 20 heavy (non-hydrogen) atoms. The summed E-state index contributed by atoms with van der Waals surface area (Å²) in [7, 11) is 0. The first-order chi connectivity index (χ1) is 9.57. The minimum Gasteiger partial charge on any atom is -0.334 e. The van der Waals surface area contributed by atoms with Crippen LogP contribution >= 0.6 is 0 Å². The van der Waals surface area contributed by atoms with Crippen molar-refractivity contribution in [2.24, 2.45) is 0 Å². The minimum atomic E-state index is -4.64. The second-order valence-electron chi connectivity index (χ2n) is 3.75. The van der Waals surface area contributed by atoms with E-state index in [4.69, 9.17) is 0 Å². The molecule has 0 bridgehead atoms. The van der Waals surface area contributed by atoms with Gasteiger partial charge in [0.1, 0.15) is 0 Å². The van der Waals surface area contributed by atoms with Gasteiger partial charge in [-0.15, -0.1) is 0 Å². The fraction of sp³-hybridized carbons (Fsp3) is 0.0909. The van der Waals surface area contributed by atoms with Crippen LogP contribution in [-0.2, 0) is 6.18 Å². The Morgan fingerprint density at radius 1 is 1.15 bits per heavy atom. The van der Waals surface area contributed by atoms with E-state index in [0.717, 1.165) is 12.5 Å². The number of hydrogen-bond acceptors (Lipinski definition) is 5. The molecule has 102 valence electrons. The highest BCUT2D eigenvalue weighted by molar-refractivity contribution is 5.57. The number of nitrogens with zero attached hydrogens (tertiary/aromatic N) is 5. The van der Waals surface area contributed by atoms with Gasteiger partial charge in [0.2, 0.25) is 0 Å². The number of halogens is 3. The summed E-state index contributed by atoms with van der Waals surface area (Å²) >= 11 is 0. The van der Waals surface area contributed by atoms with Crippen LogP contribution in [0, 0.1) is 0 Å². The molecule has 3 aromatic heterocycles. The van der Waals surface area contributed by atoms with Crippen LogP contribution in [0.4, 0.5) is 13.2 Å². The normalized spacial score (nSPS) is 11.8. The lowest BCUT2D eigenvalue weighted by Crippen LogP contribution is -2.15. The number of hydrogen-bond donors (Lipinski definition) is 0. The van der Waals surface area contributed by atoms with Gasteiger partial charge >= 0.3 is 6.18 Å². The lowest BCUT2D eigenvalue weighted by Gasteiger charge is -2.10. The van der Waals surface area contributed by atoms with Crippen molar-refractivity contribution >= 4 is 0 Å². The van der Waals surface area contributed by atoms with Crippen LogP contribution < -0.4 is 0 Å². The number of aromatic nitrogens is 5. The third-order valence-electron chi connectivity index (χ3n) is 2.50. The van der Waals surface area contributed by atoms with E-state index in [2.05, 4.69) is 24.7 Å². The van der Waals surface area contributed by atoms with Gasteiger partial charge in [0, 0.05) is 6.20 Å². The Kier molecular flexibility index (Phi) is 2.74. The number of rotatable bonds is 2. The summed E-state index contributed by atoms with van der Waals surface area (Å²) in [5, 5.41) is 7.01. The van der Waals surface area contributed by atoms with Crippen LogP contribution in [0.2, 0.25) is 0 Å². The molecule has 3 rings (SSSR count). The van der Waals surface area contributed by atoms with E-state index in [9.17, 15) is 13.2 Å². The van der Waals surface area contributed by atoms with Crippen LogP contribution in [0.25, 0.3) is 17.3 Å². The molecular formula is C11H6F3N5O. The SMILES string of the molecule is FC(F)(F)c1c(-c2ncno2)cnn1-c1ccccn1. The van der Waals surface area contributed by atoms with E-state index in [1.165, 1.54) is 12.3 Å². The molecule has 0 aromatic carbocycles. The van der Waals surface area contributed by atoms with Crippen molar-refractivity contribution < 1.29 is 17.7 Å². The lowest BCUT2D eigenvalue weighted by molar-refractivity contribution is -0.142. The summed E-state index contributed by atoms with van der Waals surface area (Å²) in [6, 6.07) is 4.58. The molecule has 0 unspecified atom stereocenters. The van der Waals surface area contributed by atoms with Crippen LogP contribution in [0.3, 0.4) is 0 Å². The van der Waals surface area contributed by atoms with E-state index in [1.54, 1.807) is 12.1 Å². The molecule has 0 N–H and O–H groups in total. The Hall–Kier alpha value is -2.71. The number of alkyl halides is 3. The maximum absolute atomic E-state index is 13.2. The molecule has 0 saturated carbocycles. The van der Waals surface area contributed by atoms with Gasteiger partial charge in [-0.05, 0) is 12.1 Å². The van der Waals surface area contributed by atoms with Crippen LogP contribution in [-0.4, -0.2) is 24.9 Å². The molecule has 0 saturated heterocycles. The van der Waals surface area contributed by atoms with Crippen molar-refractivity contribution in [2.75, 3.05) is 0 Å². The Labute approximate surface area is 109 Å². The zero-order valence-electron chi connectivity index (χ0n) is 9.74. The Bertz CT molecular complexity index is 705. The van der Waals surface area contributed by atoms with Crippen molar-refractivity contribution in [1.82, 2.24) is 24.9 Å². The largest absolute Gasteiger partial charge is 0.434 e. The molecule has 0 aliphatic heterocycles. The predicted octanol–water partition coefficient (Wildman–Crippen LogP) is 2.34. The molecule has 0 amide bonds. The maximum atomic E-state index is 13.2. The molecule has 0 aliphatic carbocycles. The molecule has 0 atom stereocenters. The van der Waals surface area contributed by atoms with Gasteiger partial charge in [-0.2, -0.15) is 23.3 Å². The van der Waals surface area contributed by atoms with E-state index in [1.807, 2.05) is 0 Å². The van der Waals surface area contributed by atoms with E-state index in [0.29, 0.717) is 4.68 Å². The summed E-state index contributed by atoms with van der Waals surface area (Å²) < 4.78 is 45.1. The molecule has 0 spiro atoms. The minimum absolute atomic E-state index is 0.0468. The van der Waals surface area contributed by atoms with Gasteiger partial charge < -0.3 is 4.52 Å². The quantitative estimate of drug-likeness (QED) is 0.721. The van der Waals surface area contributed by atoms with Crippen molar-refractivity contribution in [1.29, 1.82) is 0 Å². The molecule has 9 heteroatoms. The summed E-state index contributed by atoms with van der Waals surface area (Å²) in [5.41, 5.74) is -1.30. The fourth-order valence-corrected chi connectivity index (χ4v) is 1.72. The smallest absolute Gasteiger partial charge is 0.334 e. The Morgan fingerprint density at radius 3 is 2.60 bits per heavy atom. The summed E-state index contributed by atoms with van der Waals surface area (Å²) in [4.78, 5) is 7.47. The topological polar surface area (TPSA) is 69.6 Å². The van der Waals surface area contributed by atoms with Gasteiger partial charge in [-0.1, -0.05) is 11.2 Å². The lowest BCUT2D eigenvalue weighted by atomic mass is 10.2.